The summed E-state index contributed by atoms with van der Waals surface area (Å²) in [5.74, 6) is 0. The summed E-state index contributed by atoms with van der Waals surface area (Å²) in [6, 6.07) is 0. The fourth-order valence-corrected chi connectivity index (χ4v) is 2.48. The van der Waals surface area contributed by atoms with E-state index in [1.54, 1.807) is 0 Å². The van der Waals surface area contributed by atoms with Crippen molar-refractivity contribution in [3.63, 3.8) is 0 Å². The van der Waals surface area contributed by atoms with Gasteiger partial charge in [0.25, 0.3) is 0 Å². The van der Waals surface area contributed by atoms with E-state index in [2.05, 4.69) is 69.3 Å². The average Bonchev–Trinajstić information content (AvgIpc) is 2.46. The molecule has 0 aliphatic heterocycles. The van der Waals surface area contributed by atoms with Crippen molar-refractivity contribution in [1.29, 1.82) is 0 Å². The number of rotatable bonds is 2. The summed E-state index contributed by atoms with van der Waals surface area (Å²) in [6.07, 6.45) is 14.9. The summed E-state index contributed by atoms with van der Waals surface area (Å²) in [6.45, 7) is 10.4. The summed E-state index contributed by atoms with van der Waals surface area (Å²) < 4.78 is 2.24. The van der Waals surface area contributed by atoms with Crippen molar-refractivity contribution >= 4 is 18.2 Å². The van der Waals surface area contributed by atoms with Crippen LogP contribution in [0.25, 0.3) is 18.2 Å². The van der Waals surface area contributed by atoms with E-state index < -0.39 is 0 Å². The second-order valence-electron chi connectivity index (χ2n) is 5.45. The Hall–Kier alpha value is -1.76. The van der Waals surface area contributed by atoms with Crippen LogP contribution in [0.3, 0.4) is 0 Å². The Labute approximate surface area is 109 Å². The van der Waals surface area contributed by atoms with Crippen LogP contribution in [-0.4, -0.2) is 4.57 Å². The lowest BCUT2D eigenvalue weighted by Gasteiger charge is -2.12. The lowest BCUT2D eigenvalue weighted by molar-refractivity contribution is 0.670. The molecule has 1 aromatic rings. The van der Waals surface area contributed by atoms with Crippen LogP contribution in [0.5, 0.6) is 0 Å². The Bertz CT molecular complexity index is 649. The van der Waals surface area contributed by atoms with Crippen molar-refractivity contribution in [3.8, 4) is 0 Å². The molecule has 0 saturated heterocycles. The first-order valence-corrected chi connectivity index (χ1v) is 6.33. The molecule has 1 heterocycles. The average molecular weight is 239 g/mol. The maximum absolute atomic E-state index is 3.73. The van der Waals surface area contributed by atoms with E-state index in [0.29, 0.717) is 0 Å². The molecule has 0 spiro atoms. The van der Waals surface area contributed by atoms with Gasteiger partial charge in [0.05, 0.1) is 0 Å². The van der Waals surface area contributed by atoms with Gasteiger partial charge in [-0.15, -0.1) is 0 Å². The molecule has 1 aromatic heterocycles. The molecular weight excluding hydrogens is 218 g/mol. The molecule has 0 bridgehead atoms. The number of nitrogens with zero attached hydrogens (tertiary/aromatic N) is 1. The lowest BCUT2D eigenvalue weighted by atomic mass is 9.92. The Kier molecular flexibility index (Phi) is 3.16. The number of allylic oxidation sites excluding steroid dienone is 4. The Morgan fingerprint density at radius 2 is 2.06 bits per heavy atom. The van der Waals surface area contributed by atoms with Gasteiger partial charge in [0.2, 0.25) is 0 Å². The van der Waals surface area contributed by atoms with Crippen LogP contribution in [0.4, 0.5) is 0 Å². The summed E-state index contributed by atoms with van der Waals surface area (Å²) in [4.78, 5) is 0. The fourth-order valence-electron chi connectivity index (χ4n) is 2.48. The minimum Gasteiger partial charge on any atom is -0.344 e. The van der Waals surface area contributed by atoms with Gasteiger partial charge in [0, 0.05) is 23.5 Å². The van der Waals surface area contributed by atoms with Crippen molar-refractivity contribution in [1.82, 2.24) is 4.57 Å². The molecule has 0 radical (unpaired) electrons. The SMILES string of the molecule is C=C/C=C\c1c(C)c2c(n1C)=CC=CC(C)(C)C=2. The quantitative estimate of drug-likeness (QED) is 0.699. The van der Waals surface area contributed by atoms with E-state index in [9.17, 15) is 0 Å². The third-order valence-electron chi connectivity index (χ3n) is 3.47. The van der Waals surface area contributed by atoms with E-state index in [1.165, 1.54) is 21.8 Å². The smallest absolute Gasteiger partial charge is 0.0482 e. The van der Waals surface area contributed by atoms with Crippen LogP contribution in [-0.2, 0) is 7.05 Å². The zero-order valence-corrected chi connectivity index (χ0v) is 11.7. The van der Waals surface area contributed by atoms with Gasteiger partial charge in [0.1, 0.15) is 0 Å². The van der Waals surface area contributed by atoms with Gasteiger partial charge in [-0.1, -0.05) is 50.8 Å². The van der Waals surface area contributed by atoms with E-state index in [-0.39, 0.29) is 5.41 Å². The molecular formula is C17H21N. The number of hydrogen-bond donors (Lipinski definition) is 0. The third-order valence-corrected chi connectivity index (χ3v) is 3.47. The fraction of sp³-hybridized carbons (Fsp3) is 0.294. The first kappa shape index (κ1) is 12.7. The highest BCUT2D eigenvalue weighted by Crippen LogP contribution is 2.20. The van der Waals surface area contributed by atoms with Crippen molar-refractivity contribution in [2.24, 2.45) is 12.5 Å². The van der Waals surface area contributed by atoms with Crippen LogP contribution in [0.1, 0.15) is 25.1 Å². The normalized spacial score (nSPS) is 16.9. The van der Waals surface area contributed by atoms with Crippen molar-refractivity contribution in [2.45, 2.75) is 20.8 Å². The van der Waals surface area contributed by atoms with E-state index in [4.69, 9.17) is 0 Å². The number of hydrogen-bond acceptors (Lipinski definition) is 0. The lowest BCUT2D eigenvalue weighted by Crippen LogP contribution is -2.29. The molecule has 0 aromatic carbocycles. The van der Waals surface area contributed by atoms with Crippen molar-refractivity contribution in [3.05, 3.63) is 52.7 Å². The summed E-state index contributed by atoms with van der Waals surface area (Å²) in [5.41, 5.74) is 2.69. The minimum atomic E-state index is 0.104. The molecule has 1 nitrogen and oxygen atoms in total. The topological polar surface area (TPSA) is 4.93 Å². The highest BCUT2D eigenvalue weighted by molar-refractivity contribution is 5.58. The van der Waals surface area contributed by atoms with Gasteiger partial charge in [0.15, 0.2) is 0 Å². The first-order chi connectivity index (χ1) is 8.46. The monoisotopic (exact) mass is 239 g/mol. The second kappa shape index (κ2) is 4.49. The van der Waals surface area contributed by atoms with Gasteiger partial charge in [-0.3, -0.25) is 0 Å². The van der Waals surface area contributed by atoms with Crippen LogP contribution in [0.2, 0.25) is 0 Å². The van der Waals surface area contributed by atoms with E-state index in [0.717, 1.165) is 0 Å². The molecule has 2 rings (SSSR count). The molecule has 18 heavy (non-hydrogen) atoms. The van der Waals surface area contributed by atoms with Gasteiger partial charge in [-0.25, -0.2) is 0 Å². The van der Waals surface area contributed by atoms with Gasteiger partial charge >= 0.3 is 0 Å². The van der Waals surface area contributed by atoms with Crippen LogP contribution < -0.4 is 10.6 Å². The molecule has 1 aliphatic carbocycles. The molecule has 1 aliphatic rings. The molecule has 0 atom stereocenters. The maximum atomic E-state index is 3.73. The Morgan fingerprint density at radius 3 is 2.72 bits per heavy atom. The second-order valence-corrected chi connectivity index (χ2v) is 5.45. The largest absolute Gasteiger partial charge is 0.344 e. The first-order valence-electron chi connectivity index (χ1n) is 6.33. The molecule has 0 N–H and O–H groups in total. The molecule has 94 valence electrons. The van der Waals surface area contributed by atoms with Crippen molar-refractivity contribution < 1.29 is 0 Å². The van der Waals surface area contributed by atoms with Gasteiger partial charge in [-0.05, 0) is 29.9 Å². The predicted octanol–water partition coefficient (Wildman–Crippen LogP) is 2.69. The molecule has 0 amide bonds. The summed E-state index contributed by atoms with van der Waals surface area (Å²) >= 11 is 0. The highest BCUT2D eigenvalue weighted by atomic mass is 14.9. The Balaban J connectivity index is 2.81. The summed E-state index contributed by atoms with van der Waals surface area (Å²) in [7, 11) is 2.12. The predicted molar refractivity (Wildman–Crippen MR) is 80.5 cm³/mol. The molecule has 0 unspecified atom stereocenters. The van der Waals surface area contributed by atoms with Gasteiger partial charge < -0.3 is 4.57 Å². The standard InChI is InChI=1S/C17H21N/c1-6-7-9-15-13(2)14-12-17(3,4)11-8-10-16(14)18(15)5/h6-12H,1H2,2-5H3/b9-7-. The number of aromatic nitrogens is 1. The van der Waals surface area contributed by atoms with E-state index in [1.807, 2.05) is 12.2 Å². The van der Waals surface area contributed by atoms with E-state index >= 15 is 0 Å². The zero-order valence-electron chi connectivity index (χ0n) is 11.7. The number of fused-ring (bicyclic) bond motifs is 1. The third kappa shape index (κ3) is 2.13. The molecule has 1 heteroatoms. The molecule has 0 saturated carbocycles. The van der Waals surface area contributed by atoms with Crippen LogP contribution in [0, 0.1) is 12.3 Å². The highest BCUT2D eigenvalue weighted by Gasteiger charge is 2.14. The molecule has 0 fully saturated rings. The van der Waals surface area contributed by atoms with Crippen LogP contribution >= 0.6 is 0 Å². The Morgan fingerprint density at radius 1 is 1.33 bits per heavy atom. The van der Waals surface area contributed by atoms with Crippen molar-refractivity contribution in [2.75, 3.05) is 0 Å². The van der Waals surface area contributed by atoms with Crippen LogP contribution in [0.15, 0.2) is 30.9 Å². The summed E-state index contributed by atoms with van der Waals surface area (Å²) in [5, 5.41) is 2.62. The zero-order chi connectivity index (χ0) is 13.3. The maximum Gasteiger partial charge on any atom is 0.0482 e. The minimum absolute atomic E-state index is 0.104. The van der Waals surface area contributed by atoms with Gasteiger partial charge in [-0.2, -0.15) is 0 Å².